The maximum atomic E-state index is 10.6. The van der Waals surface area contributed by atoms with E-state index in [0.717, 1.165) is 21.2 Å². The minimum absolute atomic E-state index is 0.0875. The molecule has 2 unspecified atom stereocenters. The van der Waals surface area contributed by atoms with Crippen molar-refractivity contribution in [3.63, 3.8) is 0 Å². The maximum Gasteiger partial charge on any atom is 0.0870 e. The zero-order valence-electron chi connectivity index (χ0n) is 11.8. The molecule has 0 heterocycles. The molecule has 2 aromatic rings. The van der Waals surface area contributed by atoms with Crippen molar-refractivity contribution in [1.82, 2.24) is 0 Å². The number of nitrogens with two attached hydrogens (primary N) is 1. The summed E-state index contributed by atoms with van der Waals surface area (Å²) in [5.74, 6) is -0.0875. The molecular weight excluding hydrogens is 314 g/mol. The lowest BCUT2D eigenvalue weighted by Gasteiger charge is -2.23. The smallest absolute Gasteiger partial charge is 0.0870 e. The summed E-state index contributed by atoms with van der Waals surface area (Å²) in [5.41, 5.74) is 10.2. The van der Waals surface area contributed by atoms with Crippen LogP contribution in [0, 0.1) is 13.8 Å². The fourth-order valence-electron chi connectivity index (χ4n) is 2.43. The Morgan fingerprint density at radius 1 is 1.10 bits per heavy atom. The molecule has 2 nitrogen and oxygen atoms in total. The van der Waals surface area contributed by atoms with Gasteiger partial charge in [-0.15, -0.1) is 0 Å². The molecule has 0 amide bonds. The number of benzene rings is 2. The van der Waals surface area contributed by atoms with Crippen LogP contribution in [0.1, 0.15) is 34.3 Å². The summed E-state index contributed by atoms with van der Waals surface area (Å²) >= 11 is 3.48. The quantitative estimate of drug-likeness (QED) is 0.892. The van der Waals surface area contributed by atoms with Crippen molar-refractivity contribution < 1.29 is 5.11 Å². The molecule has 106 valence electrons. The average Bonchev–Trinajstić information content (AvgIpc) is 2.42. The summed E-state index contributed by atoms with van der Waals surface area (Å²) in [5, 5.41) is 10.6. The van der Waals surface area contributed by atoms with E-state index in [1.54, 1.807) is 0 Å². The largest absolute Gasteiger partial charge is 0.388 e. The van der Waals surface area contributed by atoms with E-state index >= 15 is 0 Å². The molecule has 0 aliphatic rings. The van der Waals surface area contributed by atoms with Crippen LogP contribution in [0.25, 0.3) is 0 Å². The highest BCUT2D eigenvalue weighted by Crippen LogP contribution is 2.32. The summed E-state index contributed by atoms with van der Waals surface area (Å²) in [6.07, 6.45) is -0.589. The van der Waals surface area contributed by atoms with Gasteiger partial charge >= 0.3 is 0 Å². The Bertz CT molecular complexity index is 597. The number of hydrogen-bond donors (Lipinski definition) is 2. The monoisotopic (exact) mass is 333 g/mol. The average molecular weight is 334 g/mol. The minimum atomic E-state index is -0.589. The molecule has 2 aromatic carbocycles. The van der Waals surface area contributed by atoms with E-state index < -0.39 is 6.10 Å². The van der Waals surface area contributed by atoms with E-state index in [1.807, 2.05) is 50.2 Å². The zero-order chi connectivity index (χ0) is 14.7. The van der Waals surface area contributed by atoms with Gasteiger partial charge in [0.1, 0.15) is 0 Å². The van der Waals surface area contributed by atoms with Gasteiger partial charge in [0.25, 0.3) is 0 Å². The highest BCUT2D eigenvalue weighted by Gasteiger charge is 2.21. The molecule has 2 rings (SSSR count). The summed E-state index contributed by atoms with van der Waals surface area (Å²) in [6.45, 7) is 4.48. The number of hydrogen-bond acceptors (Lipinski definition) is 2. The van der Waals surface area contributed by atoms with E-state index in [9.17, 15) is 5.11 Å². The minimum Gasteiger partial charge on any atom is -0.388 e. The Morgan fingerprint density at radius 2 is 1.85 bits per heavy atom. The number of halogens is 1. The van der Waals surface area contributed by atoms with Gasteiger partial charge in [0, 0.05) is 16.9 Å². The van der Waals surface area contributed by atoms with Gasteiger partial charge in [0.15, 0.2) is 0 Å². The van der Waals surface area contributed by atoms with Crippen molar-refractivity contribution in [1.29, 1.82) is 0 Å². The number of rotatable bonds is 4. The summed E-state index contributed by atoms with van der Waals surface area (Å²) in [7, 11) is 0. The van der Waals surface area contributed by atoms with Crippen LogP contribution >= 0.6 is 15.9 Å². The molecule has 2 atom stereocenters. The topological polar surface area (TPSA) is 46.2 Å². The molecule has 20 heavy (non-hydrogen) atoms. The first-order valence-corrected chi connectivity index (χ1v) is 7.53. The van der Waals surface area contributed by atoms with Crippen molar-refractivity contribution in [3.05, 3.63) is 69.2 Å². The van der Waals surface area contributed by atoms with Crippen molar-refractivity contribution in [2.75, 3.05) is 6.54 Å². The standard InChI is InChI=1S/C17H20BrNO/c1-11-4-3-5-13(8-11)15(10-19)17(20)14-6-7-16(18)12(2)9-14/h3-9,15,17,20H,10,19H2,1-2H3. The fourth-order valence-corrected chi connectivity index (χ4v) is 2.68. The molecule has 0 spiro atoms. The molecule has 0 saturated heterocycles. The number of aryl methyl sites for hydroxylation is 2. The van der Waals surface area contributed by atoms with Crippen LogP contribution in [0.4, 0.5) is 0 Å². The third kappa shape index (κ3) is 3.29. The Morgan fingerprint density at radius 3 is 2.45 bits per heavy atom. The van der Waals surface area contributed by atoms with Crippen LogP contribution in [0.3, 0.4) is 0 Å². The van der Waals surface area contributed by atoms with Crippen LogP contribution in [0.2, 0.25) is 0 Å². The zero-order valence-corrected chi connectivity index (χ0v) is 13.4. The molecule has 0 saturated carbocycles. The van der Waals surface area contributed by atoms with Gasteiger partial charge in [-0.3, -0.25) is 0 Å². The van der Waals surface area contributed by atoms with Crippen LogP contribution < -0.4 is 5.73 Å². The van der Waals surface area contributed by atoms with Gasteiger partial charge in [0.05, 0.1) is 6.10 Å². The Kier molecular flexibility index (Phi) is 4.97. The van der Waals surface area contributed by atoms with Crippen LogP contribution in [0.15, 0.2) is 46.9 Å². The summed E-state index contributed by atoms with van der Waals surface area (Å²) < 4.78 is 1.05. The van der Waals surface area contributed by atoms with Gasteiger partial charge in [-0.1, -0.05) is 57.9 Å². The predicted molar refractivity (Wildman–Crippen MR) is 86.8 cm³/mol. The molecule has 0 radical (unpaired) electrons. The normalized spacial score (nSPS) is 14.1. The SMILES string of the molecule is Cc1cccc(C(CN)C(O)c2ccc(Br)c(C)c2)c1. The molecule has 0 aliphatic heterocycles. The predicted octanol–water partition coefficient (Wildman–Crippen LogP) is 3.84. The first-order valence-electron chi connectivity index (χ1n) is 6.73. The lowest BCUT2D eigenvalue weighted by atomic mass is 9.88. The Hall–Kier alpha value is -1.16. The highest BCUT2D eigenvalue weighted by molar-refractivity contribution is 9.10. The molecule has 3 N–H and O–H groups in total. The Labute approximate surface area is 128 Å². The number of aliphatic hydroxyl groups excluding tert-OH is 1. The Balaban J connectivity index is 2.33. The van der Waals surface area contributed by atoms with E-state index in [2.05, 4.69) is 22.0 Å². The van der Waals surface area contributed by atoms with Crippen molar-refractivity contribution in [2.24, 2.45) is 5.73 Å². The van der Waals surface area contributed by atoms with E-state index in [-0.39, 0.29) is 5.92 Å². The highest BCUT2D eigenvalue weighted by atomic mass is 79.9. The van der Waals surface area contributed by atoms with Crippen molar-refractivity contribution in [2.45, 2.75) is 25.9 Å². The van der Waals surface area contributed by atoms with Gasteiger partial charge in [0.2, 0.25) is 0 Å². The summed E-state index contributed by atoms with van der Waals surface area (Å²) in [4.78, 5) is 0. The third-order valence-electron chi connectivity index (χ3n) is 3.63. The van der Waals surface area contributed by atoms with Gasteiger partial charge in [-0.2, -0.15) is 0 Å². The second kappa shape index (κ2) is 6.53. The van der Waals surface area contributed by atoms with Crippen LogP contribution in [-0.4, -0.2) is 11.7 Å². The lowest BCUT2D eigenvalue weighted by Crippen LogP contribution is -2.20. The fraction of sp³-hybridized carbons (Fsp3) is 0.294. The van der Waals surface area contributed by atoms with Crippen molar-refractivity contribution >= 4 is 15.9 Å². The maximum absolute atomic E-state index is 10.6. The van der Waals surface area contributed by atoms with E-state index in [0.29, 0.717) is 6.54 Å². The van der Waals surface area contributed by atoms with Crippen LogP contribution in [0.5, 0.6) is 0 Å². The van der Waals surface area contributed by atoms with E-state index in [1.165, 1.54) is 5.56 Å². The molecule has 0 aliphatic carbocycles. The third-order valence-corrected chi connectivity index (χ3v) is 4.52. The second-order valence-corrected chi connectivity index (χ2v) is 6.06. The van der Waals surface area contributed by atoms with Gasteiger partial charge in [-0.25, -0.2) is 0 Å². The molecule has 0 bridgehead atoms. The first-order chi connectivity index (χ1) is 9.52. The molecule has 3 heteroatoms. The van der Waals surface area contributed by atoms with Crippen LogP contribution in [-0.2, 0) is 0 Å². The number of aliphatic hydroxyl groups is 1. The van der Waals surface area contributed by atoms with Gasteiger partial charge in [-0.05, 0) is 36.6 Å². The molecule has 0 fully saturated rings. The molecule has 0 aromatic heterocycles. The first kappa shape index (κ1) is 15.2. The summed E-state index contributed by atoms with van der Waals surface area (Å²) in [6, 6.07) is 14.1. The van der Waals surface area contributed by atoms with Crippen molar-refractivity contribution in [3.8, 4) is 0 Å². The van der Waals surface area contributed by atoms with Gasteiger partial charge < -0.3 is 10.8 Å². The second-order valence-electron chi connectivity index (χ2n) is 5.21. The molecular formula is C17H20BrNO. The lowest BCUT2D eigenvalue weighted by molar-refractivity contribution is 0.147. The van der Waals surface area contributed by atoms with E-state index in [4.69, 9.17) is 5.73 Å².